The van der Waals surface area contributed by atoms with Crippen LogP contribution in [0.3, 0.4) is 0 Å². The molecule has 1 aromatic rings. The molecule has 0 saturated carbocycles. The summed E-state index contributed by atoms with van der Waals surface area (Å²) >= 11 is 0. The molecule has 1 fully saturated rings. The molecular weight excluding hydrogens is 315 g/mol. The normalized spacial score (nSPS) is 26.9. The summed E-state index contributed by atoms with van der Waals surface area (Å²) in [6, 6.07) is 5.47. The second-order valence-corrected chi connectivity index (χ2v) is 9.01. The quantitative estimate of drug-likeness (QED) is 0.847. The highest BCUT2D eigenvalue weighted by atomic mass is 32.2. The molecule has 1 aromatic carbocycles. The molecular formula is C17H25FN2O2S. The van der Waals surface area contributed by atoms with E-state index < -0.39 is 10.0 Å². The third-order valence-electron chi connectivity index (χ3n) is 5.12. The van der Waals surface area contributed by atoms with Crippen LogP contribution in [0.25, 0.3) is 0 Å². The van der Waals surface area contributed by atoms with E-state index in [1.54, 1.807) is 10.4 Å². The standard InChI is InChI=1S/C17H25FN2O2S/c1-13-8-15-5-6-17(18)9-16(15)12-19(13)10-14-4-3-7-20(11-14)23(2,21)22/h5-6,9,13-14H,3-4,7-8,10-12H2,1-2H3/t13-,14+/m0/s1. The van der Waals surface area contributed by atoms with Crippen LogP contribution in [0.1, 0.15) is 30.9 Å². The fraction of sp³-hybridized carbons (Fsp3) is 0.647. The SMILES string of the molecule is C[C@H]1Cc2ccc(F)cc2CN1C[C@H]1CCCN(S(C)(=O)=O)C1. The van der Waals surface area contributed by atoms with Gasteiger partial charge in [0, 0.05) is 32.2 Å². The topological polar surface area (TPSA) is 40.6 Å². The van der Waals surface area contributed by atoms with Crippen molar-refractivity contribution in [2.75, 3.05) is 25.9 Å². The van der Waals surface area contributed by atoms with Crippen LogP contribution >= 0.6 is 0 Å². The molecule has 23 heavy (non-hydrogen) atoms. The number of nitrogens with zero attached hydrogens (tertiary/aromatic N) is 2. The molecule has 128 valence electrons. The molecule has 2 heterocycles. The minimum Gasteiger partial charge on any atom is -0.296 e. The fourth-order valence-electron chi connectivity index (χ4n) is 3.82. The molecule has 0 spiro atoms. The summed E-state index contributed by atoms with van der Waals surface area (Å²) in [6.07, 6.45) is 4.20. The van der Waals surface area contributed by atoms with Crippen molar-refractivity contribution in [2.24, 2.45) is 5.92 Å². The van der Waals surface area contributed by atoms with Gasteiger partial charge in [-0.1, -0.05) is 6.07 Å². The molecule has 1 saturated heterocycles. The van der Waals surface area contributed by atoms with Crippen molar-refractivity contribution in [3.8, 4) is 0 Å². The number of piperidine rings is 1. The van der Waals surface area contributed by atoms with Crippen LogP contribution < -0.4 is 0 Å². The molecule has 2 aliphatic heterocycles. The molecule has 4 nitrogen and oxygen atoms in total. The molecule has 0 radical (unpaired) electrons. The Morgan fingerprint density at radius 2 is 2.09 bits per heavy atom. The van der Waals surface area contributed by atoms with E-state index in [0.29, 0.717) is 25.0 Å². The summed E-state index contributed by atoms with van der Waals surface area (Å²) in [7, 11) is -3.10. The first-order valence-corrected chi connectivity index (χ1v) is 10.1. The Hall–Kier alpha value is -0.980. The van der Waals surface area contributed by atoms with Crippen LogP contribution in [0.5, 0.6) is 0 Å². The predicted molar refractivity (Wildman–Crippen MR) is 89.1 cm³/mol. The third-order valence-corrected chi connectivity index (χ3v) is 6.39. The minimum absolute atomic E-state index is 0.181. The maximum absolute atomic E-state index is 13.5. The number of hydrogen-bond acceptors (Lipinski definition) is 3. The summed E-state index contributed by atoms with van der Waals surface area (Å²) in [5.41, 5.74) is 2.30. The molecule has 2 atom stereocenters. The van der Waals surface area contributed by atoms with Gasteiger partial charge in [-0.3, -0.25) is 4.90 Å². The average molecular weight is 340 g/mol. The second kappa shape index (κ2) is 6.49. The number of hydrogen-bond donors (Lipinski definition) is 0. The minimum atomic E-state index is -3.10. The van der Waals surface area contributed by atoms with Gasteiger partial charge < -0.3 is 0 Å². The maximum Gasteiger partial charge on any atom is 0.211 e. The fourth-order valence-corrected chi connectivity index (χ4v) is 4.76. The highest BCUT2D eigenvalue weighted by molar-refractivity contribution is 7.88. The predicted octanol–water partition coefficient (Wildman–Crippen LogP) is 2.24. The number of sulfonamides is 1. The molecule has 0 bridgehead atoms. The Morgan fingerprint density at radius 1 is 1.30 bits per heavy atom. The smallest absolute Gasteiger partial charge is 0.211 e. The maximum atomic E-state index is 13.5. The summed E-state index contributed by atoms with van der Waals surface area (Å²) in [5, 5.41) is 0. The van der Waals surface area contributed by atoms with Gasteiger partial charge in [-0.25, -0.2) is 17.1 Å². The number of halogens is 1. The molecule has 3 rings (SSSR count). The summed E-state index contributed by atoms with van der Waals surface area (Å²) < 4.78 is 38.6. The van der Waals surface area contributed by atoms with Gasteiger partial charge in [-0.05, 0) is 55.4 Å². The van der Waals surface area contributed by atoms with Gasteiger partial charge >= 0.3 is 0 Å². The molecule has 2 aliphatic rings. The van der Waals surface area contributed by atoms with E-state index in [4.69, 9.17) is 0 Å². The lowest BCUT2D eigenvalue weighted by Crippen LogP contribution is -2.46. The molecule has 0 amide bonds. The van der Waals surface area contributed by atoms with Crippen LogP contribution in [-0.4, -0.2) is 49.6 Å². The highest BCUT2D eigenvalue weighted by Gasteiger charge is 2.30. The van der Waals surface area contributed by atoms with E-state index in [0.717, 1.165) is 37.9 Å². The third kappa shape index (κ3) is 3.92. The molecule has 6 heteroatoms. The van der Waals surface area contributed by atoms with E-state index in [9.17, 15) is 12.8 Å². The lowest BCUT2D eigenvalue weighted by atomic mass is 9.92. The lowest BCUT2D eigenvalue weighted by Gasteiger charge is -2.39. The van der Waals surface area contributed by atoms with E-state index in [1.165, 1.54) is 17.9 Å². The molecule has 0 N–H and O–H groups in total. The van der Waals surface area contributed by atoms with Crippen molar-refractivity contribution >= 4 is 10.0 Å². The van der Waals surface area contributed by atoms with Gasteiger partial charge in [-0.15, -0.1) is 0 Å². The largest absolute Gasteiger partial charge is 0.296 e. The van der Waals surface area contributed by atoms with Crippen molar-refractivity contribution in [3.63, 3.8) is 0 Å². The monoisotopic (exact) mass is 340 g/mol. The molecule has 0 aliphatic carbocycles. The first-order chi connectivity index (χ1) is 10.8. The van der Waals surface area contributed by atoms with Crippen molar-refractivity contribution in [1.82, 2.24) is 9.21 Å². The van der Waals surface area contributed by atoms with Crippen molar-refractivity contribution < 1.29 is 12.8 Å². The van der Waals surface area contributed by atoms with Crippen LogP contribution in [0.2, 0.25) is 0 Å². The second-order valence-electron chi connectivity index (χ2n) is 7.02. The van der Waals surface area contributed by atoms with Crippen LogP contribution in [0.4, 0.5) is 4.39 Å². The zero-order chi connectivity index (χ0) is 16.6. The van der Waals surface area contributed by atoms with Crippen molar-refractivity contribution in [3.05, 3.63) is 35.1 Å². The Bertz CT molecular complexity index is 677. The first kappa shape index (κ1) is 16.9. The van der Waals surface area contributed by atoms with E-state index in [2.05, 4.69) is 11.8 Å². The van der Waals surface area contributed by atoms with Gasteiger partial charge in [-0.2, -0.15) is 0 Å². The Labute approximate surface area is 138 Å². The summed E-state index contributed by atoms with van der Waals surface area (Å²) in [5.74, 6) is 0.176. The van der Waals surface area contributed by atoms with Gasteiger partial charge in [0.2, 0.25) is 10.0 Å². The average Bonchev–Trinajstić information content (AvgIpc) is 2.48. The zero-order valence-corrected chi connectivity index (χ0v) is 14.7. The van der Waals surface area contributed by atoms with Crippen molar-refractivity contribution in [2.45, 2.75) is 38.8 Å². The van der Waals surface area contributed by atoms with Gasteiger partial charge in [0.1, 0.15) is 5.82 Å². The van der Waals surface area contributed by atoms with E-state index in [1.807, 2.05) is 6.07 Å². The Kier molecular flexibility index (Phi) is 4.76. The molecule has 0 unspecified atom stereocenters. The zero-order valence-electron chi connectivity index (χ0n) is 13.8. The van der Waals surface area contributed by atoms with E-state index >= 15 is 0 Å². The first-order valence-electron chi connectivity index (χ1n) is 8.29. The Balaban J connectivity index is 1.68. The lowest BCUT2D eigenvalue weighted by molar-refractivity contribution is 0.128. The summed E-state index contributed by atoms with van der Waals surface area (Å²) in [6.45, 7) is 5.08. The van der Waals surface area contributed by atoms with Crippen LogP contribution in [0, 0.1) is 11.7 Å². The van der Waals surface area contributed by atoms with E-state index in [-0.39, 0.29) is 5.82 Å². The molecule has 0 aromatic heterocycles. The van der Waals surface area contributed by atoms with Crippen LogP contribution in [-0.2, 0) is 23.0 Å². The van der Waals surface area contributed by atoms with Gasteiger partial charge in [0.05, 0.1) is 6.26 Å². The number of benzene rings is 1. The number of fused-ring (bicyclic) bond motifs is 1. The van der Waals surface area contributed by atoms with Crippen molar-refractivity contribution in [1.29, 1.82) is 0 Å². The summed E-state index contributed by atoms with van der Waals surface area (Å²) in [4.78, 5) is 2.37. The van der Waals surface area contributed by atoms with Gasteiger partial charge in [0.25, 0.3) is 0 Å². The number of rotatable bonds is 3. The Morgan fingerprint density at radius 3 is 2.83 bits per heavy atom. The van der Waals surface area contributed by atoms with Crippen LogP contribution in [0.15, 0.2) is 18.2 Å². The highest BCUT2D eigenvalue weighted by Crippen LogP contribution is 2.27. The van der Waals surface area contributed by atoms with Gasteiger partial charge in [0.15, 0.2) is 0 Å².